The second kappa shape index (κ2) is 6.93. The van der Waals surface area contributed by atoms with E-state index in [0.29, 0.717) is 0 Å². The van der Waals surface area contributed by atoms with Gasteiger partial charge in [0.1, 0.15) is 5.60 Å². The number of ether oxygens (including phenoxy) is 2. The number of hydrogen-bond donors (Lipinski definition) is 0. The topological polar surface area (TPSA) is 55.8 Å². The van der Waals surface area contributed by atoms with E-state index in [9.17, 15) is 9.59 Å². The van der Waals surface area contributed by atoms with E-state index < -0.39 is 24.2 Å². The first-order chi connectivity index (χ1) is 8.49. The molecule has 98 valence electrons. The van der Waals surface area contributed by atoms with Crippen molar-refractivity contribution in [3.63, 3.8) is 0 Å². The van der Waals surface area contributed by atoms with Crippen LogP contribution in [-0.4, -0.2) is 42.7 Å². The Labute approximate surface area is 105 Å². The molecule has 0 heterocycles. The number of rotatable bonds is 4. The summed E-state index contributed by atoms with van der Waals surface area (Å²) >= 11 is 0. The van der Waals surface area contributed by atoms with Crippen molar-refractivity contribution in [2.24, 2.45) is 0 Å². The molecule has 0 aromatic rings. The normalized spacial score (nSPS) is 13.9. The van der Waals surface area contributed by atoms with Gasteiger partial charge in [0.15, 0.2) is 0 Å². The summed E-state index contributed by atoms with van der Waals surface area (Å²) in [5, 5.41) is 0. The quantitative estimate of drug-likeness (QED) is 0.561. The molecule has 0 bridgehead atoms. The predicted octanol–water partition coefficient (Wildman–Crippen LogP) is 1.97. The molecular weight excluding hydrogens is 222 g/mol. The van der Waals surface area contributed by atoms with Gasteiger partial charge in [-0.05, 0) is 27.7 Å². The van der Waals surface area contributed by atoms with Crippen LogP contribution in [0.25, 0.3) is 0 Å². The Morgan fingerprint density at radius 2 is 2.00 bits per heavy atom. The Morgan fingerprint density at radius 1 is 1.41 bits per heavy atom. The average molecular weight is 245 g/mol. The van der Waals surface area contributed by atoms with Crippen LogP contribution in [0.5, 0.6) is 0 Å². The highest BCUT2D eigenvalue weighted by atomic mass is 16.6. The Balaban J connectivity index is 4.71. The zero-order valence-corrected chi connectivity index (χ0v) is 10.9. The first-order valence-electron chi connectivity index (χ1n) is 6.32. The highest BCUT2D eigenvalue weighted by molar-refractivity contribution is 5.82. The lowest BCUT2D eigenvalue weighted by Crippen LogP contribution is -2.34. The molecule has 0 fully saturated rings. The molecule has 0 aromatic heterocycles. The summed E-state index contributed by atoms with van der Waals surface area (Å²) < 4.78 is 25.1. The molecule has 0 N–H and O–H groups in total. The Morgan fingerprint density at radius 3 is 2.47 bits per heavy atom. The fraction of sp³-hybridized carbons (Fsp3) is 0.667. The molecule has 0 saturated carbocycles. The molecule has 0 unspecified atom stereocenters. The molecule has 17 heavy (non-hydrogen) atoms. The van der Waals surface area contributed by atoms with Crippen molar-refractivity contribution in [3.05, 3.63) is 12.2 Å². The van der Waals surface area contributed by atoms with Gasteiger partial charge in [0.05, 0.1) is 9.35 Å². The van der Waals surface area contributed by atoms with Gasteiger partial charge in [-0.15, -0.1) is 0 Å². The van der Waals surface area contributed by atoms with Gasteiger partial charge in [-0.1, -0.05) is 6.08 Å². The van der Waals surface area contributed by atoms with Crippen LogP contribution in [-0.2, 0) is 14.3 Å². The summed E-state index contributed by atoms with van der Waals surface area (Å²) in [6, 6.07) is 0. The summed E-state index contributed by atoms with van der Waals surface area (Å²) in [6.45, 7) is 4.75. The third-order valence-corrected chi connectivity index (χ3v) is 1.44. The fourth-order valence-electron chi connectivity index (χ4n) is 0.791. The van der Waals surface area contributed by atoms with Gasteiger partial charge in [0, 0.05) is 19.6 Å². The first kappa shape index (κ1) is 12.0. The van der Waals surface area contributed by atoms with Crippen LogP contribution in [0.1, 0.15) is 30.4 Å². The van der Waals surface area contributed by atoms with Crippen molar-refractivity contribution in [1.29, 1.82) is 0 Å². The minimum atomic E-state index is -2.14. The lowest BCUT2D eigenvalue weighted by Gasteiger charge is -2.23. The number of amides is 1. The van der Waals surface area contributed by atoms with Gasteiger partial charge in [-0.3, -0.25) is 0 Å². The smallest absolute Gasteiger partial charge is 0.410 e. The van der Waals surface area contributed by atoms with Crippen molar-refractivity contribution < 1.29 is 21.8 Å². The molecule has 0 radical (unpaired) electrons. The molecule has 0 aliphatic rings. The Bertz CT molecular complexity index is 361. The molecular formula is C12H21NO4. The van der Waals surface area contributed by atoms with Gasteiger partial charge in [0.2, 0.25) is 0 Å². The number of carbonyl (C=O) groups is 2. The van der Waals surface area contributed by atoms with Crippen LogP contribution in [0.4, 0.5) is 4.79 Å². The van der Waals surface area contributed by atoms with Crippen LogP contribution < -0.4 is 0 Å². The van der Waals surface area contributed by atoms with Gasteiger partial charge in [0.25, 0.3) is 0 Å². The molecule has 0 rings (SSSR count). The van der Waals surface area contributed by atoms with Gasteiger partial charge in [-0.2, -0.15) is 0 Å². The van der Waals surface area contributed by atoms with Crippen LogP contribution in [0, 0.1) is 0 Å². The minimum Gasteiger partial charge on any atom is -0.463 e. The largest absolute Gasteiger partial charge is 0.463 e. The van der Waals surface area contributed by atoms with E-state index in [2.05, 4.69) is 4.74 Å². The monoisotopic (exact) mass is 245 g/mol. The predicted molar refractivity (Wildman–Crippen MR) is 64.6 cm³/mol. The van der Waals surface area contributed by atoms with Crippen molar-refractivity contribution >= 4 is 12.1 Å². The molecule has 0 aliphatic carbocycles. The molecule has 0 atom stereocenters. The summed E-state index contributed by atoms with van der Waals surface area (Å²) in [7, 11) is 1.25. The van der Waals surface area contributed by atoms with Crippen molar-refractivity contribution in [2.45, 2.75) is 33.3 Å². The van der Waals surface area contributed by atoms with E-state index >= 15 is 0 Å². The first-order valence-corrected chi connectivity index (χ1v) is 5.32. The van der Waals surface area contributed by atoms with Crippen molar-refractivity contribution in [3.8, 4) is 0 Å². The third-order valence-electron chi connectivity index (χ3n) is 1.44. The lowest BCUT2D eigenvalue weighted by molar-refractivity contribution is -0.137. The van der Waals surface area contributed by atoms with Crippen LogP contribution in [0.15, 0.2) is 12.2 Å². The Kier molecular flexibility index (Phi) is 4.87. The summed E-state index contributed by atoms with van der Waals surface area (Å²) in [6.07, 6.45) is 1.09. The number of likely N-dealkylation sites (N-methyl/N-ethyl adjacent to an activating group) is 1. The third kappa shape index (κ3) is 8.30. The zero-order valence-electron chi connectivity index (χ0n) is 12.9. The van der Waals surface area contributed by atoms with Crippen LogP contribution in [0.3, 0.4) is 0 Å². The maximum Gasteiger partial charge on any atom is 0.410 e. The minimum absolute atomic E-state index is 0.202. The van der Waals surface area contributed by atoms with Gasteiger partial charge < -0.3 is 14.4 Å². The molecule has 0 saturated heterocycles. The second-order valence-electron chi connectivity index (χ2n) is 4.25. The lowest BCUT2D eigenvalue weighted by atomic mass is 10.2. The molecule has 0 aliphatic heterocycles. The highest BCUT2D eigenvalue weighted by Crippen LogP contribution is 2.08. The molecule has 0 aromatic carbocycles. The van der Waals surface area contributed by atoms with Crippen molar-refractivity contribution in [2.75, 3.05) is 20.2 Å². The van der Waals surface area contributed by atoms with E-state index in [1.54, 1.807) is 27.7 Å². The number of carbonyl (C=O) groups excluding carboxylic acids is 2. The van der Waals surface area contributed by atoms with Gasteiger partial charge in [-0.25, -0.2) is 9.59 Å². The maximum atomic E-state index is 11.7. The Hall–Kier alpha value is -1.52. The fourth-order valence-corrected chi connectivity index (χ4v) is 0.791. The SMILES string of the molecule is [2H]C([2H])(/C=C/C(=O)OCC)N(C)C(=O)OC(C)(C)C. The van der Waals surface area contributed by atoms with E-state index in [1.807, 2.05) is 0 Å². The van der Waals surface area contributed by atoms with E-state index in [-0.39, 0.29) is 6.61 Å². The molecule has 0 spiro atoms. The van der Waals surface area contributed by atoms with Crippen LogP contribution in [0.2, 0.25) is 0 Å². The van der Waals surface area contributed by atoms with E-state index in [4.69, 9.17) is 7.48 Å². The molecule has 1 amide bonds. The van der Waals surface area contributed by atoms with Crippen molar-refractivity contribution in [1.82, 2.24) is 4.90 Å². The maximum absolute atomic E-state index is 11.7. The molecule has 5 nitrogen and oxygen atoms in total. The summed E-state index contributed by atoms with van der Waals surface area (Å²) in [5.74, 6) is -0.663. The number of esters is 1. The standard InChI is InChI=1S/C12H21NO4/c1-6-16-10(14)8-7-9-13(5)11(15)17-12(2,3)4/h7-8H,6,9H2,1-5H3/b8-7+/i9D2. The van der Waals surface area contributed by atoms with E-state index in [0.717, 1.165) is 17.1 Å². The second-order valence-corrected chi connectivity index (χ2v) is 4.25. The number of hydrogen-bond acceptors (Lipinski definition) is 4. The zero-order chi connectivity index (χ0) is 15.3. The number of nitrogens with zero attached hydrogens (tertiary/aromatic N) is 1. The van der Waals surface area contributed by atoms with Crippen LogP contribution >= 0.6 is 0 Å². The van der Waals surface area contributed by atoms with Gasteiger partial charge >= 0.3 is 12.1 Å². The summed E-state index contributed by atoms with van der Waals surface area (Å²) in [4.78, 5) is 23.6. The van der Waals surface area contributed by atoms with E-state index in [1.165, 1.54) is 7.05 Å². The highest BCUT2D eigenvalue weighted by Gasteiger charge is 2.18. The summed E-state index contributed by atoms with van der Waals surface area (Å²) in [5.41, 5.74) is -0.716. The molecule has 5 heteroatoms. The average Bonchev–Trinajstić information content (AvgIpc) is 2.23.